The largest absolute Gasteiger partial charge is 0.546 e. The summed E-state index contributed by atoms with van der Waals surface area (Å²) in [4.78, 5) is 79.4. The van der Waals surface area contributed by atoms with Gasteiger partial charge in [-0.1, -0.05) is 60.2 Å². The Kier molecular flexibility index (Phi) is 30.3. The molecule has 0 bridgehead atoms. The van der Waals surface area contributed by atoms with Gasteiger partial charge in [0.15, 0.2) is 70.0 Å². The standard InChI is InChI=1S/C13H6F4O2.C8H4F4O3.C8H8O2.C7HF5O2.C6H8F2O4.C4H2F6O3.C3HF5O2/c14-9-7(6-4-2-1-3-5-6)10(15)12(17)8(11(9)16)13(18)19;1-15-7-5(11)3(9)2(8(13)14)4(10)6(7)12;1-6-2-4-7(5-3-6)8(9)10;8-2-1(7(13)14)3(9)5(11)6(12)4(2)10;1-3(12-4(2)9)6(7,8)5(10)11;5-3(6,7)2(13,1(11)12)4(8,9)10;4-2(5,1(9)10)3(6,7)8/h1-5H,(H,18,19);1H3,(H,13,14);2-5H,1H3,(H,9,10);(H,13,14);3H,1-2H3,(H,10,11);13H,(H,11,12);(H,9,10)/p-7. The third kappa shape index (κ3) is 21.2. The van der Waals surface area contributed by atoms with Crippen LogP contribution < -0.4 is 40.5 Å². The number of hydrogen-bond donors (Lipinski definition) is 1. The van der Waals surface area contributed by atoms with Crippen LogP contribution in [0.5, 0.6) is 5.75 Å². The molecular formula is C49H23F26O18-7. The highest BCUT2D eigenvalue weighted by molar-refractivity contribution is 5.89. The first-order valence-corrected chi connectivity index (χ1v) is 22.1. The normalized spacial score (nSPS) is 11.6. The molecule has 0 saturated heterocycles. The maximum atomic E-state index is 13.7. The molecule has 0 radical (unpaired) electrons. The van der Waals surface area contributed by atoms with E-state index < -0.39 is 193 Å². The van der Waals surface area contributed by atoms with Crippen LogP contribution in [0.1, 0.15) is 60.8 Å². The molecule has 0 aliphatic heterocycles. The van der Waals surface area contributed by atoms with E-state index in [0.717, 1.165) is 26.5 Å². The Labute approximate surface area is 495 Å². The number of carbonyl (C=O) groups excluding carboxylic acids is 8. The second kappa shape index (κ2) is 33.2. The highest BCUT2D eigenvalue weighted by Gasteiger charge is 2.72. The van der Waals surface area contributed by atoms with E-state index in [0.29, 0.717) is 0 Å². The fraction of sp³-hybridized carbons (Fsp3) is 0.224. The van der Waals surface area contributed by atoms with Crippen molar-refractivity contribution < 1.29 is 203 Å². The summed E-state index contributed by atoms with van der Waals surface area (Å²) in [6, 6.07) is 13.4. The number of ether oxygens (including phenoxy) is 2. The predicted octanol–water partition coefficient (Wildman–Crippen LogP) is 2.84. The van der Waals surface area contributed by atoms with Crippen molar-refractivity contribution in [2.75, 3.05) is 7.11 Å². The van der Waals surface area contributed by atoms with Crippen LogP contribution in [0.25, 0.3) is 11.1 Å². The highest BCUT2D eigenvalue weighted by Crippen LogP contribution is 2.43. The summed E-state index contributed by atoms with van der Waals surface area (Å²) in [6.45, 7) is 3.58. The summed E-state index contributed by atoms with van der Waals surface area (Å²) in [6.07, 6.45) is -20.8. The van der Waals surface area contributed by atoms with Crippen molar-refractivity contribution in [3.63, 3.8) is 0 Å². The van der Waals surface area contributed by atoms with Crippen molar-refractivity contribution in [2.24, 2.45) is 0 Å². The van der Waals surface area contributed by atoms with Gasteiger partial charge in [0.25, 0.3) is 5.60 Å². The van der Waals surface area contributed by atoms with E-state index in [1.54, 1.807) is 18.2 Å². The number of carboxylic acid groups (broad SMARTS) is 7. The summed E-state index contributed by atoms with van der Waals surface area (Å²) < 4.78 is 324. The number of halogens is 26. The Bertz CT molecular complexity index is 3450. The molecule has 0 fully saturated rings. The number of hydrogen-bond acceptors (Lipinski definition) is 18. The Morgan fingerprint density at radius 3 is 0.957 bits per heavy atom. The SMILES string of the molecule is CC(=O)OC(C)C(F)(F)C(=O)[O-].COc1c(F)c(F)c(C(=O)[O-])c(F)c1F.Cc1ccc(C(=O)[O-])cc1.O=C([O-])C(F)(F)C(F)(F)F.O=C([O-])C(O)(C(F)(F)F)C(F)(F)F.O=C([O-])c1c(F)c(F)c(-c2ccccc2)c(F)c1F.O=C([O-])c1c(F)c(F)c(F)c(F)c1F. The zero-order valence-electron chi connectivity index (χ0n) is 44.5. The average Bonchev–Trinajstić information content (AvgIpc) is 0.797. The smallest absolute Gasteiger partial charge is 0.459 e. The molecule has 0 saturated carbocycles. The Morgan fingerprint density at radius 2 is 0.731 bits per heavy atom. The molecule has 44 heteroatoms. The van der Waals surface area contributed by atoms with Gasteiger partial charge in [-0.15, -0.1) is 0 Å². The third-order valence-corrected chi connectivity index (χ3v) is 9.72. The number of rotatable bonds is 11. The second-order valence-electron chi connectivity index (χ2n) is 16.0. The zero-order chi connectivity index (χ0) is 74.1. The molecule has 5 rings (SSSR count). The van der Waals surface area contributed by atoms with Crippen LogP contribution in [0.3, 0.4) is 0 Å². The quantitative estimate of drug-likeness (QED) is 0.0860. The minimum absolute atomic E-state index is 0.111. The summed E-state index contributed by atoms with van der Waals surface area (Å²) in [5.74, 6) is -57.5. The molecule has 0 heterocycles. The average molecular weight is 1390 g/mol. The second-order valence-corrected chi connectivity index (χ2v) is 16.0. The first-order chi connectivity index (χ1) is 41.9. The molecule has 5 aromatic rings. The van der Waals surface area contributed by atoms with Gasteiger partial charge in [-0.3, -0.25) is 4.79 Å². The van der Waals surface area contributed by atoms with Crippen LogP contribution in [0, 0.1) is 82.5 Å². The molecule has 0 aliphatic rings. The van der Waals surface area contributed by atoms with Gasteiger partial charge in [0.2, 0.25) is 17.5 Å². The summed E-state index contributed by atoms with van der Waals surface area (Å²) >= 11 is 0. The lowest BCUT2D eigenvalue weighted by Gasteiger charge is -2.32. The van der Waals surface area contributed by atoms with Gasteiger partial charge in [-0.25, -0.2) is 48.3 Å². The number of aliphatic hydroxyl groups is 1. The molecule has 5 aromatic carbocycles. The van der Waals surface area contributed by atoms with Crippen molar-refractivity contribution in [3.8, 4) is 16.9 Å². The van der Waals surface area contributed by atoms with Crippen LogP contribution in [-0.2, 0) is 23.9 Å². The number of carbonyl (C=O) groups is 8. The Balaban J connectivity index is 0. The molecule has 93 heavy (non-hydrogen) atoms. The highest BCUT2D eigenvalue weighted by atomic mass is 19.4. The summed E-state index contributed by atoms with van der Waals surface area (Å²) in [7, 11) is 0.777. The van der Waals surface area contributed by atoms with Crippen LogP contribution in [0.15, 0.2) is 54.6 Å². The van der Waals surface area contributed by atoms with Crippen molar-refractivity contribution >= 4 is 47.8 Å². The van der Waals surface area contributed by atoms with Crippen LogP contribution in [-0.4, -0.2) is 102 Å². The van der Waals surface area contributed by atoms with Crippen molar-refractivity contribution in [3.05, 3.63) is 158 Å². The summed E-state index contributed by atoms with van der Waals surface area (Å²) in [5.41, 5.74) is -11.1. The number of aromatic carboxylic acids is 4. The fourth-order valence-corrected chi connectivity index (χ4v) is 5.11. The van der Waals surface area contributed by atoms with Crippen LogP contribution in [0.4, 0.5) is 114 Å². The van der Waals surface area contributed by atoms with Gasteiger partial charge in [0.05, 0.1) is 59.2 Å². The van der Waals surface area contributed by atoms with Gasteiger partial charge < -0.3 is 83.9 Å². The number of alkyl halides is 13. The lowest BCUT2D eigenvalue weighted by molar-refractivity contribution is -0.402. The minimum Gasteiger partial charge on any atom is -0.546 e. The molecule has 0 aromatic heterocycles. The van der Waals surface area contributed by atoms with Gasteiger partial charge in [-0.05, 0) is 25.0 Å². The molecule has 1 atom stereocenters. The molecule has 516 valence electrons. The van der Waals surface area contributed by atoms with E-state index in [-0.39, 0.29) is 11.1 Å². The number of aryl methyl sites for hydroxylation is 1. The van der Waals surface area contributed by atoms with E-state index in [9.17, 15) is 178 Å². The molecule has 0 aliphatic carbocycles. The monoisotopic (exact) mass is 1390 g/mol. The first-order valence-electron chi connectivity index (χ1n) is 22.1. The van der Waals surface area contributed by atoms with Crippen LogP contribution >= 0.6 is 0 Å². The van der Waals surface area contributed by atoms with E-state index in [1.807, 2.05) is 6.92 Å². The summed E-state index contributed by atoms with van der Waals surface area (Å²) in [5, 5.41) is 77.1. The topological polar surface area (TPSA) is 337 Å². The van der Waals surface area contributed by atoms with Gasteiger partial charge in [0.1, 0.15) is 11.9 Å². The molecule has 18 nitrogen and oxygen atoms in total. The zero-order valence-corrected chi connectivity index (χ0v) is 44.5. The molecular weight excluding hydrogens is 1370 g/mol. The number of carboxylic acids is 7. The predicted molar refractivity (Wildman–Crippen MR) is 229 cm³/mol. The van der Waals surface area contributed by atoms with Gasteiger partial charge >= 0.3 is 36.3 Å². The van der Waals surface area contributed by atoms with E-state index in [1.165, 1.54) is 36.4 Å². The van der Waals surface area contributed by atoms with Crippen molar-refractivity contribution in [1.82, 2.24) is 0 Å². The van der Waals surface area contributed by atoms with E-state index in [4.69, 9.17) is 15.0 Å². The number of benzene rings is 5. The fourth-order valence-electron chi connectivity index (χ4n) is 5.11. The number of methoxy groups -OCH3 is 1. The minimum atomic E-state index is -6.37. The number of aliphatic carboxylic acids is 3. The third-order valence-electron chi connectivity index (χ3n) is 9.72. The maximum absolute atomic E-state index is 13.7. The molecule has 1 N–H and O–H groups in total. The Hall–Kier alpha value is -10.2. The van der Waals surface area contributed by atoms with E-state index in [2.05, 4.69) is 9.47 Å². The van der Waals surface area contributed by atoms with Crippen molar-refractivity contribution in [2.45, 2.75) is 62.9 Å². The van der Waals surface area contributed by atoms with Gasteiger partial charge in [0, 0.05) is 6.92 Å². The lowest BCUT2D eigenvalue weighted by Crippen LogP contribution is -2.66. The van der Waals surface area contributed by atoms with Crippen molar-refractivity contribution in [1.29, 1.82) is 0 Å². The first kappa shape index (κ1) is 84.9. The molecule has 1 unspecified atom stereocenters. The number of esters is 1. The van der Waals surface area contributed by atoms with Gasteiger partial charge in [-0.2, -0.15) is 65.9 Å². The lowest BCUT2D eigenvalue weighted by atomic mass is 10.0. The molecule has 0 spiro atoms. The Morgan fingerprint density at radius 1 is 0.419 bits per heavy atom. The molecule has 0 amide bonds. The maximum Gasteiger partial charge on any atom is 0.459 e. The van der Waals surface area contributed by atoms with Crippen LogP contribution in [0.2, 0.25) is 0 Å². The van der Waals surface area contributed by atoms with E-state index >= 15 is 0 Å².